The second-order valence-electron chi connectivity index (χ2n) is 5.36. The number of hydrogen-bond donors (Lipinski definition) is 1. The minimum absolute atomic E-state index is 0.341. The number of hydrogen-bond acceptors (Lipinski definition) is 2. The highest BCUT2D eigenvalue weighted by atomic mass is 35.5. The smallest absolute Gasteiger partial charge is 0.243 e. The third-order valence-corrected chi connectivity index (χ3v) is 3.68. The van der Waals surface area contributed by atoms with Gasteiger partial charge in [-0.3, -0.25) is 9.20 Å². The Bertz CT molecular complexity index is 889. The van der Waals surface area contributed by atoms with Gasteiger partial charge in [-0.2, -0.15) is 0 Å². The van der Waals surface area contributed by atoms with E-state index in [1.807, 2.05) is 25.3 Å². The Morgan fingerprint density at radius 2 is 2.13 bits per heavy atom. The van der Waals surface area contributed by atoms with Crippen LogP contribution in [-0.4, -0.2) is 20.7 Å². The van der Waals surface area contributed by atoms with Crippen LogP contribution >= 0.6 is 11.6 Å². The maximum absolute atomic E-state index is 13.6. The summed E-state index contributed by atoms with van der Waals surface area (Å²) in [5, 5.41) is 2.09. The molecule has 0 aliphatic rings. The Labute approximate surface area is 137 Å². The molecule has 2 heterocycles. The number of carbonyl (C=O) groups excluding carboxylic acids is 1. The molecule has 3 rings (SSSR count). The van der Waals surface area contributed by atoms with Crippen molar-refractivity contribution in [3.63, 3.8) is 0 Å². The van der Waals surface area contributed by atoms with Crippen LogP contribution in [0.3, 0.4) is 0 Å². The summed E-state index contributed by atoms with van der Waals surface area (Å²) in [6.45, 7) is 3.54. The number of fused-ring (bicyclic) bond motifs is 1. The SMILES string of the molecule is Cc1ccn2c(NC(=O)[C@H](C)Cl)c(-c3cccc(F)c3)nc2c1. The van der Waals surface area contributed by atoms with E-state index in [2.05, 4.69) is 10.3 Å². The number of carbonyl (C=O) groups is 1. The minimum Gasteiger partial charge on any atom is -0.309 e. The number of aromatic nitrogens is 2. The molecule has 0 saturated carbocycles. The lowest BCUT2D eigenvalue weighted by Crippen LogP contribution is -2.21. The average Bonchev–Trinajstić information content (AvgIpc) is 2.85. The molecule has 1 amide bonds. The van der Waals surface area contributed by atoms with Crippen molar-refractivity contribution < 1.29 is 9.18 Å². The second-order valence-corrected chi connectivity index (χ2v) is 6.01. The Morgan fingerprint density at radius 1 is 1.35 bits per heavy atom. The predicted molar refractivity (Wildman–Crippen MR) is 89.3 cm³/mol. The van der Waals surface area contributed by atoms with Crippen LogP contribution in [-0.2, 0) is 4.79 Å². The number of alkyl halides is 1. The number of nitrogens with one attached hydrogen (secondary N) is 1. The molecule has 0 fully saturated rings. The highest BCUT2D eigenvalue weighted by Gasteiger charge is 2.19. The molecule has 0 aliphatic heterocycles. The van der Waals surface area contributed by atoms with Gasteiger partial charge in [0.25, 0.3) is 0 Å². The normalized spacial score (nSPS) is 12.3. The van der Waals surface area contributed by atoms with Crippen LogP contribution in [0.1, 0.15) is 12.5 Å². The number of imidazole rings is 1. The number of pyridine rings is 1. The van der Waals surface area contributed by atoms with Crippen LogP contribution in [0.2, 0.25) is 0 Å². The lowest BCUT2D eigenvalue weighted by Gasteiger charge is -2.09. The van der Waals surface area contributed by atoms with Crippen molar-refractivity contribution in [1.29, 1.82) is 0 Å². The van der Waals surface area contributed by atoms with Crippen molar-refractivity contribution in [2.24, 2.45) is 0 Å². The summed E-state index contributed by atoms with van der Waals surface area (Å²) >= 11 is 5.84. The van der Waals surface area contributed by atoms with Gasteiger partial charge in [0, 0.05) is 11.8 Å². The van der Waals surface area contributed by atoms with Gasteiger partial charge in [0.05, 0.1) is 0 Å². The Kier molecular flexibility index (Phi) is 4.05. The molecule has 0 aliphatic carbocycles. The lowest BCUT2D eigenvalue weighted by molar-refractivity contribution is -0.115. The van der Waals surface area contributed by atoms with E-state index in [1.165, 1.54) is 12.1 Å². The van der Waals surface area contributed by atoms with Crippen LogP contribution in [0.25, 0.3) is 16.9 Å². The molecule has 0 radical (unpaired) electrons. The van der Waals surface area contributed by atoms with E-state index in [1.54, 1.807) is 23.5 Å². The Balaban J connectivity index is 2.21. The minimum atomic E-state index is -0.689. The first-order valence-electron chi connectivity index (χ1n) is 7.15. The number of anilines is 1. The highest BCUT2D eigenvalue weighted by molar-refractivity contribution is 6.32. The quantitative estimate of drug-likeness (QED) is 0.737. The van der Waals surface area contributed by atoms with Crippen molar-refractivity contribution in [3.8, 4) is 11.3 Å². The van der Waals surface area contributed by atoms with Crippen LogP contribution < -0.4 is 5.32 Å². The van der Waals surface area contributed by atoms with E-state index < -0.39 is 5.38 Å². The second kappa shape index (κ2) is 6.01. The van der Waals surface area contributed by atoms with E-state index in [-0.39, 0.29) is 11.7 Å². The monoisotopic (exact) mass is 331 g/mol. The van der Waals surface area contributed by atoms with Crippen molar-refractivity contribution >= 4 is 29.0 Å². The molecule has 23 heavy (non-hydrogen) atoms. The fourth-order valence-electron chi connectivity index (χ4n) is 2.32. The number of rotatable bonds is 3. The largest absolute Gasteiger partial charge is 0.309 e. The molecule has 0 bridgehead atoms. The molecular formula is C17H15ClFN3O. The van der Waals surface area contributed by atoms with Gasteiger partial charge in [0.15, 0.2) is 0 Å². The first-order chi connectivity index (χ1) is 11.0. The first-order valence-corrected chi connectivity index (χ1v) is 7.59. The molecule has 1 aromatic carbocycles. The van der Waals surface area contributed by atoms with Gasteiger partial charge in [-0.05, 0) is 43.7 Å². The fourth-order valence-corrected chi connectivity index (χ4v) is 2.37. The number of benzene rings is 1. The fraction of sp³-hybridized carbons (Fsp3) is 0.176. The van der Waals surface area contributed by atoms with Crippen molar-refractivity contribution in [2.75, 3.05) is 5.32 Å². The zero-order valence-electron chi connectivity index (χ0n) is 12.7. The molecule has 0 saturated heterocycles. The third kappa shape index (κ3) is 3.05. The van der Waals surface area contributed by atoms with Gasteiger partial charge in [0.1, 0.15) is 28.4 Å². The maximum atomic E-state index is 13.6. The lowest BCUT2D eigenvalue weighted by atomic mass is 10.1. The third-order valence-electron chi connectivity index (χ3n) is 3.48. The summed E-state index contributed by atoms with van der Waals surface area (Å²) < 4.78 is 15.3. The number of amides is 1. The summed E-state index contributed by atoms with van der Waals surface area (Å²) in [6, 6.07) is 9.90. The number of halogens is 2. The molecule has 6 heteroatoms. The van der Waals surface area contributed by atoms with E-state index in [0.29, 0.717) is 22.7 Å². The van der Waals surface area contributed by atoms with Gasteiger partial charge in [-0.1, -0.05) is 12.1 Å². The standard InChI is InChI=1S/C17H15ClFN3O/c1-10-6-7-22-14(8-10)20-15(12-4-3-5-13(19)9-12)16(22)21-17(23)11(2)18/h3-9,11H,1-2H3,(H,21,23)/t11-/m0/s1. The van der Waals surface area contributed by atoms with Gasteiger partial charge < -0.3 is 5.32 Å². The zero-order valence-corrected chi connectivity index (χ0v) is 13.4. The van der Waals surface area contributed by atoms with Gasteiger partial charge in [-0.15, -0.1) is 11.6 Å². The van der Waals surface area contributed by atoms with E-state index in [4.69, 9.17) is 11.6 Å². The summed E-state index contributed by atoms with van der Waals surface area (Å²) in [5.74, 6) is -0.228. The predicted octanol–water partition coefficient (Wildman–Crippen LogP) is 4.01. The number of aryl methyl sites for hydroxylation is 1. The first kappa shape index (κ1) is 15.5. The van der Waals surface area contributed by atoms with Crippen molar-refractivity contribution in [2.45, 2.75) is 19.2 Å². The number of nitrogens with zero attached hydrogens (tertiary/aromatic N) is 2. The summed E-state index contributed by atoms with van der Waals surface area (Å²) in [7, 11) is 0. The molecular weight excluding hydrogens is 317 g/mol. The topological polar surface area (TPSA) is 46.4 Å². The Morgan fingerprint density at radius 3 is 2.83 bits per heavy atom. The summed E-state index contributed by atoms with van der Waals surface area (Å²) in [6.07, 6.45) is 1.81. The average molecular weight is 332 g/mol. The van der Waals surface area contributed by atoms with Gasteiger partial charge in [-0.25, -0.2) is 9.37 Å². The Hall–Kier alpha value is -2.40. The highest BCUT2D eigenvalue weighted by Crippen LogP contribution is 2.29. The van der Waals surface area contributed by atoms with Crippen LogP contribution in [0.15, 0.2) is 42.6 Å². The van der Waals surface area contributed by atoms with Gasteiger partial charge >= 0.3 is 0 Å². The van der Waals surface area contributed by atoms with E-state index >= 15 is 0 Å². The molecule has 0 spiro atoms. The van der Waals surface area contributed by atoms with Crippen LogP contribution in [0.4, 0.5) is 10.2 Å². The molecule has 4 nitrogen and oxygen atoms in total. The molecule has 1 N–H and O–H groups in total. The van der Waals surface area contributed by atoms with Crippen molar-refractivity contribution in [1.82, 2.24) is 9.38 Å². The van der Waals surface area contributed by atoms with Gasteiger partial charge in [0.2, 0.25) is 5.91 Å². The van der Waals surface area contributed by atoms with Crippen LogP contribution in [0, 0.1) is 12.7 Å². The molecule has 1 atom stereocenters. The van der Waals surface area contributed by atoms with E-state index in [9.17, 15) is 9.18 Å². The summed E-state index contributed by atoms with van der Waals surface area (Å²) in [4.78, 5) is 16.5. The van der Waals surface area contributed by atoms with E-state index in [0.717, 1.165) is 5.56 Å². The molecule has 2 aromatic heterocycles. The molecule has 118 valence electrons. The van der Waals surface area contributed by atoms with Crippen molar-refractivity contribution in [3.05, 3.63) is 54.0 Å². The zero-order chi connectivity index (χ0) is 16.6. The van der Waals surface area contributed by atoms with Crippen LogP contribution in [0.5, 0.6) is 0 Å². The summed E-state index contributed by atoms with van der Waals surface area (Å²) in [5.41, 5.74) is 2.79. The molecule has 0 unspecified atom stereocenters. The molecule has 3 aromatic rings. The maximum Gasteiger partial charge on any atom is 0.243 e.